The third kappa shape index (κ3) is 4.11. The van der Waals surface area contributed by atoms with Gasteiger partial charge in [0.15, 0.2) is 0 Å². The van der Waals surface area contributed by atoms with Gasteiger partial charge in [0.2, 0.25) is 5.91 Å². The van der Waals surface area contributed by atoms with E-state index < -0.39 is 0 Å². The van der Waals surface area contributed by atoms with Crippen LogP contribution >= 0.6 is 23.1 Å². The molecule has 5 nitrogen and oxygen atoms in total. The van der Waals surface area contributed by atoms with Gasteiger partial charge in [-0.2, -0.15) is 0 Å². The molecule has 0 fully saturated rings. The van der Waals surface area contributed by atoms with E-state index in [0.29, 0.717) is 12.1 Å². The molecular weight excluding hydrogens is 354 g/mol. The van der Waals surface area contributed by atoms with Crippen LogP contribution in [0.1, 0.15) is 25.1 Å². The lowest BCUT2D eigenvalue weighted by Gasteiger charge is -2.14. The molecule has 1 unspecified atom stereocenters. The Morgan fingerprint density at radius 1 is 1.28 bits per heavy atom. The van der Waals surface area contributed by atoms with E-state index in [1.807, 2.05) is 6.92 Å². The number of carbonyl (C=O) groups excluding carboxylic acids is 1. The van der Waals surface area contributed by atoms with Gasteiger partial charge in [0, 0.05) is 16.0 Å². The van der Waals surface area contributed by atoms with Crippen LogP contribution in [0.4, 0.5) is 5.69 Å². The molecule has 130 valence electrons. The van der Waals surface area contributed by atoms with Gasteiger partial charge in [0.05, 0.1) is 5.25 Å². The number of aromatic nitrogens is 2. The monoisotopic (exact) mass is 373 g/mol. The van der Waals surface area contributed by atoms with Gasteiger partial charge in [-0.3, -0.25) is 4.79 Å². The fourth-order valence-corrected chi connectivity index (χ4v) is 4.37. The highest BCUT2D eigenvalue weighted by molar-refractivity contribution is 8.00. The molecule has 0 aliphatic carbocycles. The third-order valence-electron chi connectivity index (χ3n) is 3.74. The van der Waals surface area contributed by atoms with Crippen molar-refractivity contribution in [1.29, 1.82) is 0 Å². The molecule has 25 heavy (non-hydrogen) atoms. The molecule has 1 aromatic carbocycles. The number of anilines is 1. The van der Waals surface area contributed by atoms with Gasteiger partial charge in [-0.15, -0.1) is 11.3 Å². The van der Waals surface area contributed by atoms with Crippen molar-refractivity contribution in [3.05, 3.63) is 41.5 Å². The SMILES string of the molecule is CCc1cc2c(SC(CC)C(=O)Nc3ccc(O)cc3)ncnc2s1. The lowest BCUT2D eigenvalue weighted by Crippen LogP contribution is -2.24. The minimum Gasteiger partial charge on any atom is -0.508 e. The Kier molecular flexibility index (Phi) is 5.55. The van der Waals surface area contributed by atoms with E-state index in [1.54, 1.807) is 41.9 Å². The zero-order valence-electron chi connectivity index (χ0n) is 14.0. The summed E-state index contributed by atoms with van der Waals surface area (Å²) in [4.78, 5) is 23.5. The molecule has 2 heterocycles. The van der Waals surface area contributed by atoms with Gasteiger partial charge in [0.25, 0.3) is 0 Å². The number of carbonyl (C=O) groups is 1. The predicted octanol–water partition coefficient (Wildman–Crippen LogP) is 4.47. The Bertz CT molecular complexity index is 878. The van der Waals surface area contributed by atoms with E-state index >= 15 is 0 Å². The average molecular weight is 374 g/mol. The van der Waals surface area contributed by atoms with E-state index in [4.69, 9.17) is 0 Å². The Hall–Kier alpha value is -2.12. The average Bonchev–Trinajstić information content (AvgIpc) is 3.05. The second-order valence-electron chi connectivity index (χ2n) is 5.51. The van der Waals surface area contributed by atoms with Crippen molar-refractivity contribution < 1.29 is 9.90 Å². The van der Waals surface area contributed by atoms with Gasteiger partial charge in [0.1, 0.15) is 21.9 Å². The van der Waals surface area contributed by atoms with Crippen LogP contribution in [0.2, 0.25) is 0 Å². The second kappa shape index (κ2) is 7.84. The number of nitrogens with zero attached hydrogens (tertiary/aromatic N) is 2. The van der Waals surface area contributed by atoms with Gasteiger partial charge in [-0.05, 0) is 43.2 Å². The second-order valence-corrected chi connectivity index (χ2v) is 7.82. The topological polar surface area (TPSA) is 75.1 Å². The lowest BCUT2D eigenvalue weighted by atomic mass is 10.2. The van der Waals surface area contributed by atoms with Crippen LogP contribution in [0.25, 0.3) is 10.2 Å². The van der Waals surface area contributed by atoms with E-state index in [0.717, 1.165) is 21.7 Å². The number of hydrogen-bond acceptors (Lipinski definition) is 6. The van der Waals surface area contributed by atoms with Crippen LogP contribution in [0.15, 0.2) is 41.7 Å². The zero-order valence-corrected chi connectivity index (χ0v) is 15.7. The molecule has 0 saturated heterocycles. The highest BCUT2D eigenvalue weighted by atomic mass is 32.2. The minimum atomic E-state index is -0.253. The summed E-state index contributed by atoms with van der Waals surface area (Å²) in [5.74, 6) is 0.0999. The number of aromatic hydroxyl groups is 1. The third-order valence-corrected chi connectivity index (χ3v) is 6.31. The molecular formula is C18H19N3O2S2. The number of rotatable bonds is 6. The summed E-state index contributed by atoms with van der Waals surface area (Å²) in [7, 11) is 0. The fourth-order valence-electron chi connectivity index (χ4n) is 2.38. The Labute approximate surface area is 154 Å². The summed E-state index contributed by atoms with van der Waals surface area (Å²) >= 11 is 3.14. The largest absolute Gasteiger partial charge is 0.508 e. The quantitative estimate of drug-likeness (QED) is 0.379. The zero-order chi connectivity index (χ0) is 17.8. The van der Waals surface area contributed by atoms with Crippen molar-refractivity contribution in [1.82, 2.24) is 9.97 Å². The molecule has 7 heteroatoms. The van der Waals surface area contributed by atoms with Crippen LogP contribution in [-0.2, 0) is 11.2 Å². The van der Waals surface area contributed by atoms with Gasteiger partial charge < -0.3 is 10.4 Å². The van der Waals surface area contributed by atoms with Crippen molar-refractivity contribution in [2.24, 2.45) is 0 Å². The number of thioether (sulfide) groups is 1. The maximum Gasteiger partial charge on any atom is 0.237 e. The highest BCUT2D eigenvalue weighted by Gasteiger charge is 2.21. The molecule has 0 bridgehead atoms. The molecule has 1 amide bonds. The maximum atomic E-state index is 12.6. The van der Waals surface area contributed by atoms with Crippen molar-refractivity contribution in [2.75, 3.05) is 5.32 Å². The molecule has 0 saturated carbocycles. The molecule has 3 rings (SSSR count). The Balaban J connectivity index is 1.78. The number of aryl methyl sites for hydroxylation is 1. The number of hydrogen-bond donors (Lipinski definition) is 2. The van der Waals surface area contributed by atoms with Gasteiger partial charge in [-0.25, -0.2) is 9.97 Å². The number of nitrogens with one attached hydrogen (secondary N) is 1. The number of amides is 1. The van der Waals surface area contributed by atoms with Crippen LogP contribution in [0.5, 0.6) is 5.75 Å². The predicted molar refractivity (Wildman–Crippen MR) is 103 cm³/mol. The van der Waals surface area contributed by atoms with Crippen molar-refractivity contribution >= 4 is 44.9 Å². The molecule has 0 aliphatic rings. The summed E-state index contributed by atoms with van der Waals surface area (Å²) < 4.78 is 0. The molecule has 0 aliphatic heterocycles. The first kappa shape index (κ1) is 17.7. The smallest absolute Gasteiger partial charge is 0.237 e. The maximum absolute atomic E-state index is 12.6. The number of thiophene rings is 1. The van der Waals surface area contributed by atoms with Crippen LogP contribution < -0.4 is 5.32 Å². The molecule has 1 atom stereocenters. The Morgan fingerprint density at radius 3 is 2.72 bits per heavy atom. The van der Waals surface area contributed by atoms with Crippen molar-refractivity contribution in [3.63, 3.8) is 0 Å². The summed E-state index contributed by atoms with van der Waals surface area (Å²) in [6.07, 6.45) is 3.21. The number of phenols is 1. The molecule has 0 spiro atoms. The van der Waals surface area contributed by atoms with E-state index in [1.165, 1.54) is 16.6 Å². The van der Waals surface area contributed by atoms with E-state index in [9.17, 15) is 9.90 Å². The van der Waals surface area contributed by atoms with E-state index in [2.05, 4.69) is 28.3 Å². The first-order valence-corrected chi connectivity index (χ1v) is 9.80. The standard InChI is InChI=1S/C18H19N3O2S2/c1-3-13-9-14-17(24-13)19-10-20-18(14)25-15(4-2)16(23)21-11-5-7-12(22)8-6-11/h5-10,15,22H,3-4H2,1-2H3,(H,21,23). The van der Waals surface area contributed by atoms with E-state index in [-0.39, 0.29) is 16.9 Å². The first-order valence-electron chi connectivity index (χ1n) is 8.10. The molecule has 2 aromatic heterocycles. The Morgan fingerprint density at radius 2 is 2.04 bits per heavy atom. The lowest BCUT2D eigenvalue weighted by molar-refractivity contribution is -0.115. The first-order chi connectivity index (χ1) is 12.1. The fraction of sp³-hybridized carbons (Fsp3) is 0.278. The minimum absolute atomic E-state index is 0.0732. The molecule has 3 aromatic rings. The highest BCUT2D eigenvalue weighted by Crippen LogP contribution is 2.34. The number of fused-ring (bicyclic) bond motifs is 1. The van der Waals surface area contributed by atoms with Crippen LogP contribution in [0, 0.1) is 0 Å². The summed E-state index contributed by atoms with van der Waals surface area (Å²) in [5, 5.41) is 13.8. The number of benzene rings is 1. The van der Waals surface area contributed by atoms with Crippen molar-refractivity contribution in [2.45, 2.75) is 37.0 Å². The van der Waals surface area contributed by atoms with Crippen LogP contribution in [0.3, 0.4) is 0 Å². The normalized spacial score (nSPS) is 12.2. The summed E-state index contributed by atoms with van der Waals surface area (Å²) in [6.45, 7) is 4.10. The summed E-state index contributed by atoms with van der Waals surface area (Å²) in [6, 6.07) is 8.58. The van der Waals surface area contributed by atoms with Crippen molar-refractivity contribution in [3.8, 4) is 5.75 Å². The molecule has 2 N–H and O–H groups in total. The van der Waals surface area contributed by atoms with Crippen LogP contribution in [-0.4, -0.2) is 26.2 Å². The van der Waals surface area contributed by atoms with Gasteiger partial charge >= 0.3 is 0 Å². The summed E-state index contributed by atoms with van der Waals surface area (Å²) in [5.41, 5.74) is 0.665. The number of phenolic OH excluding ortho intramolecular Hbond substituents is 1. The van der Waals surface area contributed by atoms with Gasteiger partial charge in [-0.1, -0.05) is 25.6 Å². The molecule has 0 radical (unpaired) electrons.